The molecule has 7 heteroatoms. The van der Waals surface area contributed by atoms with Gasteiger partial charge in [-0.3, -0.25) is 19.8 Å². The van der Waals surface area contributed by atoms with E-state index in [4.69, 9.17) is 0 Å². The quantitative estimate of drug-likeness (QED) is 0.675. The Balaban J connectivity index is 1.22. The van der Waals surface area contributed by atoms with Crippen LogP contribution in [-0.4, -0.2) is 65.1 Å². The van der Waals surface area contributed by atoms with Gasteiger partial charge in [0.2, 0.25) is 5.91 Å². The zero-order valence-electron chi connectivity index (χ0n) is 19.4. The summed E-state index contributed by atoms with van der Waals surface area (Å²) in [5.74, 6) is 0.347. The second-order valence-corrected chi connectivity index (χ2v) is 10.6. The van der Waals surface area contributed by atoms with E-state index >= 15 is 0 Å². The van der Waals surface area contributed by atoms with E-state index in [2.05, 4.69) is 59.5 Å². The average molecular weight is 438 g/mol. The number of fused-ring (bicyclic) bond motifs is 2. The summed E-state index contributed by atoms with van der Waals surface area (Å²) in [4.78, 5) is 33.2. The highest BCUT2D eigenvalue weighted by Crippen LogP contribution is 2.28. The number of piperazine rings is 1. The van der Waals surface area contributed by atoms with Crippen LogP contribution < -0.4 is 10.6 Å². The largest absolute Gasteiger partial charge is 0.351 e. The van der Waals surface area contributed by atoms with E-state index in [1.165, 1.54) is 12.0 Å². The van der Waals surface area contributed by atoms with E-state index in [-0.39, 0.29) is 35.5 Å². The third-order valence-corrected chi connectivity index (χ3v) is 7.44. The lowest BCUT2D eigenvalue weighted by Crippen LogP contribution is -2.69. The molecule has 1 aliphatic carbocycles. The van der Waals surface area contributed by atoms with Crippen LogP contribution in [0.4, 0.5) is 0 Å². The number of benzene rings is 1. The zero-order chi connectivity index (χ0) is 22.5. The van der Waals surface area contributed by atoms with Crippen LogP contribution in [-0.2, 0) is 10.2 Å². The maximum absolute atomic E-state index is 13.2. The monoisotopic (exact) mass is 437 g/mol. The van der Waals surface area contributed by atoms with Gasteiger partial charge in [0.15, 0.2) is 0 Å². The molecule has 0 radical (unpaired) electrons. The fourth-order valence-corrected chi connectivity index (χ4v) is 5.39. The molecule has 0 bridgehead atoms. The highest BCUT2D eigenvalue weighted by atomic mass is 16.2. The summed E-state index contributed by atoms with van der Waals surface area (Å²) in [7, 11) is 0. The Morgan fingerprint density at radius 2 is 1.78 bits per heavy atom. The Hall–Kier alpha value is -2.38. The summed E-state index contributed by atoms with van der Waals surface area (Å²) in [5, 5.41) is 7.88. The second kappa shape index (κ2) is 8.19. The number of hydrogen-bond donors (Lipinski definition) is 3. The normalized spacial score (nSPS) is 27.3. The number of rotatable bonds is 2. The van der Waals surface area contributed by atoms with E-state index in [1.54, 1.807) is 0 Å². The van der Waals surface area contributed by atoms with E-state index in [0.717, 1.165) is 43.3 Å². The Morgan fingerprint density at radius 3 is 2.53 bits per heavy atom. The van der Waals surface area contributed by atoms with Crippen molar-refractivity contribution < 1.29 is 9.59 Å². The molecule has 7 nitrogen and oxygen atoms in total. The first kappa shape index (κ1) is 21.5. The number of nitrogens with one attached hydrogen (secondary N) is 3. The lowest BCUT2D eigenvalue weighted by Gasteiger charge is -2.46. The van der Waals surface area contributed by atoms with Crippen molar-refractivity contribution in [1.82, 2.24) is 25.4 Å². The van der Waals surface area contributed by atoms with Crippen LogP contribution in [0.15, 0.2) is 24.3 Å². The third-order valence-electron chi connectivity index (χ3n) is 7.44. The van der Waals surface area contributed by atoms with E-state index < -0.39 is 0 Å². The molecular weight excluding hydrogens is 402 g/mol. The molecule has 1 saturated carbocycles. The number of carbonyl (C=O) groups is 2. The highest BCUT2D eigenvalue weighted by molar-refractivity contribution is 5.98. The number of nitrogens with zero attached hydrogens (tertiary/aromatic N) is 2. The first-order valence-electron chi connectivity index (χ1n) is 12.0. The lowest BCUT2D eigenvalue weighted by molar-refractivity contribution is -0.134. The molecule has 2 amide bonds. The molecule has 172 valence electrons. The smallest absolute Gasteiger partial charge is 0.270 e. The summed E-state index contributed by atoms with van der Waals surface area (Å²) >= 11 is 0. The molecule has 3 fully saturated rings. The van der Waals surface area contributed by atoms with Crippen molar-refractivity contribution in [3.63, 3.8) is 0 Å². The molecule has 1 aromatic heterocycles. The molecule has 3 unspecified atom stereocenters. The van der Waals surface area contributed by atoms with Gasteiger partial charge in [0.25, 0.3) is 5.91 Å². The van der Waals surface area contributed by atoms with Gasteiger partial charge in [-0.25, -0.2) is 0 Å². The molecule has 2 saturated heterocycles. The number of aromatic nitrogens is 1. The molecule has 3 aliphatic rings. The topological polar surface area (TPSA) is 80.5 Å². The number of carbonyl (C=O) groups excluding carboxylic acids is 2. The Labute approximate surface area is 189 Å². The van der Waals surface area contributed by atoms with E-state index in [1.807, 2.05) is 11.0 Å². The number of H-pyrrole nitrogens is 1. The molecule has 5 rings (SSSR count). The molecule has 1 aromatic carbocycles. The minimum absolute atomic E-state index is 0.0474. The van der Waals surface area contributed by atoms with Crippen LogP contribution in [0.1, 0.15) is 62.5 Å². The van der Waals surface area contributed by atoms with Gasteiger partial charge in [0.1, 0.15) is 12.0 Å². The second-order valence-electron chi connectivity index (χ2n) is 10.6. The Morgan fingerprint density at radius 1 is 1.03 bits per heavy atom. The fourth-order valence-electron chi connectivity index (χ4n) is 5.39. The van der Waals surface area contributed by atoms with Crippen molar-refractivity contribution in [3.05, 3.63) is 35.5 Å². The van der Waals surface area contributed by atoms with Crippen molar-refractivity contribution >= 4 is 22.7 Å². The van der Waals surface area contributed by atoms with Gasteiger partial charge in [-0.15, -0.1) is 0 Å². The van der Waals surface area contributed by atoms with Crippen molar-refractivity contribution in [1.29, 1.82) is 0 Å². The summed E-state index contributed by atoms with van der Waals surface area (Å²) < 4.78 is 0. The van der Waals surface area contributed by atoms with Gasteiger partial charge in [0.05, 0.1) is 5.92 Å². The number of aromatic amines is 1. The van der Waals surface area contributed by atoms with Crippen molar-refractivity contribution in [3.8, 4) is 0 Å². The van der Waals surface area contributed by atoms with Crippen LogP contribution in [0.3, 0.4) is 0 Å². The highest BCUT2D eigenvalue weighted by Gasteiger charge is 2.40. The van der Waals surface area contributed by atoms with Crippen molar-refractivity contribution in [2.75, 3.05) is 26.2 Å². The van der Waals surface area contributed by atoms with Crippen molar-refractivity contribution in [2.45, 2.75) is 64.2 Å². The first-order chi connectivity index (χ1) is 15.3. The molecule has 2 aliphatic heterocycles. The summed E-state index contributed by atoms with van der Waals surface area (Å²) in [5.41, 5.74) is 2.98. The van der Waals surface area contributed by atoms with Gasteiger partial charge in [-0.05, 0) is 36.0 Å². The average Bonchev–Trinajstić information content (AvgIpc) is 3.21. The predicted octanol–water partition coefficient (Wildman–Crippen LogP) is 2.79. The SMILES string of the molecule is CC(C)(C)c1ccc2cc(C(=O)N3CCN(C4NC(=O)C5CCCCC5N4)CC3)[nH]c2c1. The standard InChI is InChI=1S/C25H35N5O2/c1-25(2,3)17-9-8-16-14-21(26-20(16)15-17)23(32)29-10-12-30(13-11-29)24-27-19-7-5-4-6-18(19)22(31)28-24/h8-9,14-15,18-19,24,26-27H,4-7,10-13H2,1-3H3,(H,28,31). The number of hydrogen-bond acceptors (Lipinski definition) is 4. The van der Waals surface area contributed by atoms with Crippen LogP contribution in [0.25, 0.3) is 10.9 Å². The Bertz CT molecular complexity index is 1010. The first-order valence-corrected chi connectivity index (χ1v) is 12.0. The molecule has 3 atom stereocenters. The molecular formula is C25H35N5O2. The van der Waals surface area contributed by atoms with Gasteiger partial charge in [0, 0.05) is 43.1 Å². The molecule has 0 spiro atoms. The summed E-state index contributed by atoms with van der Waals surface area (Å²) in [6, 6.07) is 8.64. The Kier molecular flexibility index (Phi) is 5.50. The molecule has 3 N–H and O–H groups in total. The van der Waals surface area contributed by atoms with Crippen molar-refractivity contribution in [2.24, 2.45) is 5.92 Å². The summed E-state index contributed by atoms with van der Waals surface area (Å²) in [6.45, 7) is 9.39. The van der Waals surface area contributed by atoms with Gasteiger partial charge in [-0.2, -0.15) is 0 Å². The minimum atomic E-state index is -0.122. The fraction of sp³-hybridized carbons (Fsp3) is 0.600. The third kappa shape index (κ3) is 4.04. The molecule has 32 heavy (non-hydrogen) atoms. The predicted molar refractivity (Wildman–Crippen MR) is 125 cm³/mol. The zero-order valence-corrected chi connectivity index (χ0v) is 19.4. The molecule has 3 heterocycles. The molecule has 2 aromatic rings. The summed E-state index contributed by atoms with van der Waals surface area (Å²) in [6.07, 6.45) is 4.28. The van der Waals surface area contributed by atoms with Crippen LogP contribution in [0.2, 0.25) is 0 Å². The lowest BCUT2D eigenvalue weighted by atomic mass is 9.82. The maximum Gasteiger partial charge on any atom is 0.270 e. The van der Waals surface area contributed by atoms with Gasteiger partial charge < -0.3 is 15.2 Å². The van der Waals surface area contributed by atoms with E-state index in [0.29, 0.717) is 18.8 Å². The van der Waals surface area contributed by atoms with Crippen LogP contribution in [0, 0.1) is 5.92 Å². The number of amides is 2. The minimum Gasteiger partial charge on any atom is -0.351 e. The van der Waals surface area contributed by atoms with Gasteiger partial charge in [-0.1, -0.05) is 45.7 Å². The van der Waals surface area contributed by atoms with Crippen LogP contribution >= 0.6 is 0 Å². The van der Waals surface area contributed by atoms with Gasteiger partial charge >= 0.3 is 0 Å². The maximum atomic E-state index is 13.2. The van der Waals surface area contributed by atoms with E-state index in [9.17, 15) is 9.59 Å². The van der Waals surface area contributed by atoms with Crippen LogP contribution in [0.5, 0.6) is 0 Å².